The summed E-state index contributed by atoms with van der Waals surface area (Å²) in [6.45, 7) is 5.32. The minimum absolute atomic E-state index is 0.107. The minimum Gasteiger partial charge on any atom is -0.454 e. The van der Waals surface area contributed by atoms with Gasteiger partial charge in [-0.25, -0.2) is 4.79 Å². The van der Waals surface area contributed by atoms with Crippen molar-refractivity contribution < 1.29 is 23.9 Å². The fourth-order valence-electron chi connectivity index (χ4n) is 3.56. The van der Waals surface area contributed by atoms with E-state index in [0.717, 1.165) is 30.1 Å². The number of ether oxygens (including phenoxy) is 2. The number of aromatic nitrogens is 1. The highest BCUT2D eigenvalue weighted by Gasteiger charge is 2.22. The highest BCUT2D eigenvalue weighted by atomic mass is 32.2. The van der Waals surface area contributed by atoms with Gasteiger partial charge in [0.25, 0.3) is 0 Å². The lowest BCUT2D eigenvalue weighted by atomic mass is 10.1. The number of hydrogen-bond acceptors (Lipinski definition) is 6. The van der Waals surface area contributed by atoms with Gasteiger partial charge in [-0.2, -0.15) is 0 Å². The minimum atomic E-state index is -0.540. The Hall–Kier alpha value is -2.38. The molecule has 0 aliphatic carbocycles. The van der Waals surface area contributed by atoms with Crippen LogP contribution in [0.15, 0.2) is 29.2 Å². The SMILES string of the molecule is CC(=O)c1c(C)[nH]c(C(=O)COC(=O)c2ccccc2SC[C@H]2CCCO2)c1C. The number of aryl methyl sites for hydroxylation is 1. The van der Waals surface area contributed by atoms with Gasteiger partial charge in [0.05, 0.1) is 17.4 Å². The van der Waals surface area contributed by atoms with E-state index in [1.54, 1.807) is 37.7 Å². The maximum Gasteiger partial charge on any atom is 0.339 e. The molecule has 0 spiro atoms. The Morgan fingerprint density at radius 3 is 2.66 bits per heavy atom. The van der Waals surface area contributed by atoms with Crippen molar-refractivity contribution >= 4 is 29.3 Å². The smallest absolute Gasteiger partial charge is 0.339 e. The van der Waals surface area contributed by atoms with Crippen molar-refractivity contribution in [2.75, 3.05) is 19.0 Å². The number of rotatable bonds is 8. The number of Topliss-reactive ketones (excluding diaryl/α,β-unsaturated/α-hetero) is 2. The Morgan fingerprint density at radius 1 is 1.24 bits per heavy atom. The van der Waals surface area contributed by atoms with Crippen LogP contribution in [-0.2, 0) is 9.47 Å². The molecule has 0 unspecified atom stereocenters. The van der Waals surface area contributed by atoms with Crippen molar-refractivity contribution in [2.45, 2.75) is 44.6 Å². The molecular formula is C22H25NO5S. The van der Waals surface area contributed by atoms with Gasteiger partial charge < -0.3 is 14.5 Å². The molecule has 7 heteroatoms. The number of ketones is 2. The van der Waals surface area contributed by atoms with Gasteiger partial charge in [0.2, 0.25) is 5.78 Å². The number of aromatic amines is 1. The van der Waals surface area contributed by atoms with E-state index >= 15 is 0 Å². The zero-order valence-electron chi connectivity index (χ0n) is 16.9. The van der Waals surface area contributed by atoms with Gasteiger partial charge in [0, 0.05) is 28.5 Å². The molecule has 154 valence electrons. The van der Waals surface area contributed by atoms with E-state index in [1.165, 1.54) is 6.92 Å². The number of nitrogens with one attached hydrogen (secondary N) is 1. The lowest BCUT2D eigenvalue weighted by Gasteiger charge is -2.12. The summed E-state index contributed by atoms with van der Waals surface area (Å²) in [5.74, 6) is -0.236. The number of esters is 1. The third kappa shape index (κ3) is 4.97. The standard InChI is InChI=1S/C22H25NO5S/c1-13-20(15(3)24)14(2)23-21(13)18(25)11-28-22(26)17-8-4-5-9-19(17)29-12-16-7-6-10-27-16/h4-5,8-9,16,23H,6-7,10-12H2,1-3H3/t16-/m1/s1. The highest BCUT2D eigenvalue weighted by molar-refractivity contribution is 7.99. The number of H-pyrrole nitrogens is 1. The van der Waals surface area contributed by atoms with Crippen LogP contribution in [0.25, 0.3) is 0 Å². The van der Waals surface area contributed by atoms with Crippen LogP contribution in [0.5, 0.6) is 0 Å². The zero-order valence-corrected chi connectivity index (χ0v) is 17.7. The molecule has 0 bridgehead atoms. The molecule has 1 fully saturated rings. The molecule has 0 saturated carbocycles. The van der Waals surface area contributed by atoms with Crippen LogP contribution in [-0.4, -0.2) is 47.6 Å². The summed E-state index contributed by atoms with van der Waals surface area (Å²) in [5, 5.41) is 0. The van der Waals surface area contributed by atoms with Crippen molar-refractivity contribution in [1.29, 1.82) is 0 Å². The molecule has 1 aliphatic rings. The van der Waals surface area contributed by atoms with Gasteiger partial charge in [-0.3, -0.25) is 9.59 Å². The fourth-order valence-corrected chi connectivity index (χ4v) is 4.67. The van der Waals surface area contributed by atoms with Crippen LogP contribution in [0.4, 0.5) is 0 Å². The van der Waals surface area contributed by atoms with Gasteiger partial charge >= 0.3 is 5.97 Å². The molecule has 0 radical (unpaired) electrons. The molecule has 2 aromatic rings. The first-order valence-corrected chi connectivity index (χ1v) is 10.6. The Morgan fingerprint density at radius 2 is 2.00 bits per heavy atom. The molecule has 1 aliphatic heterocycles. The predicted octanol–water partition coefficient (Wildman–Crippen LogP) is 4.14. The van der Waals surface area contributed by atoms with E-state index < -0.39 is 5.97 Å². The lowest BCUT2D eigenvalue weighted by Crippen LogP contribution is -2.16. The van der Waals surface area contributed by atoms with E-state index in [2.05, 4.69) is 4.98 Å². The topological polar surface area (TPSA) is 85.5 Å². The highest BCUT2D eigenvalue weighted by Crippen LogP contribution is 2.27. The van der Waals surface area contributed by atoms with Gasteiger partial charge in [-0.1, -0.05) is 12.1 Å². The van der Waals surface area contributed by atoms with Gasteiger partial charge in [0.1, 0.15) is 0 Å². The number of carbonyl (C=O) groups excluding carboxylic acids is 3. The molecule has 6 nitrogen and oxygen atoms in total. The Kier molecular flexibility index (Phi) is 6.92. The van der Waals surface area contributed by atoms with Crippen molar-refractivity contribution in [2.24, 2.45) is 0 Å². The summed E-state index contributed by atoms with van der Waals surface area (Å²) < 4.78 is 10.9. The number of thioether (sulfide) groups is 1. The molecular weight excluding hydrogens is 390 g/mol. The Labute approximate surface area is 174 Å². The molecule has 29 heavy (non-hydrogen) atoms. The van der Waals surface area contributed by atoms with Gasteiger partial charge in [-0.15, -0.1) is 11.8 Å². The second-order valence-corrected chi connectivity index (χ2v) is 8.18. The summed E-state index contributed by atoms with van der Waals surface area (Å²) >= 11 is 1.56. The van der Waals surface area contributed by atoms with Crippen LogP contribution in [0.2, 0.25) is 0 Å². The number of carbonyl (C=O) groups is 3. The van der Waals surface area contributed by atoms with E-state index in [4.69, 9.17) is 9.47 Å². The first-order chi connectivity index (χ1) is 13.9. The number of hydrogen-bond donors (Lipinski definition) is 1. The Bertz CT molecular complexity index is 927. The predicted molar refractivity (Wildman–Crippen MR) is 111 cm³/mol. The second kappa shape index (κ2) is 9.41. The monoisotopic (exact) mass is 415 g/mol. The van der Waals surface area contributed by atoms with Crippen molar-refractivity contribution in [3.05, 3.63) is 52.3 Å². The third-order valence-corrected chi connectivity index (χ3v) is 6.16. The Balaban J connectivity index is 1.64. The van der Waals surface area contributed by atoms with Crippen molar-refractivity contribution in [3.63, 3.8) is 0 Å². The van der Waals surface area contributed by atoms with Crippen molar-refractivity contribution in [3.8, 4) is 0 Å². The molecule has 1 saturated heterocycles. The fraction of sp³-hybridized carbons (Fsp3) is 0.409. The quantitative estimate of drug-likeness (QED) is 0.396. The lowest BCUT2D eigenvalue weighted by molar-refractivity contribution is 0.0470. The summed E-state index contributed by atoms with van der Waals surface area (Å²) in [6, 6.07) is 7.21. The molecule has 2 heterocycles. The molecule has 1 N–H and O–H groups in total. The van der Waals surface area contributed by atoms with Gasteiger partial charge in [-0.05, 0) is 51.3 Å². The van der Waals surface area contributed by atoms with E-state index in [0.29, 0.717) is 28.1 Å². The summed E-state index contributed by atoms with van der Waals surface area (Å²) in [5.41, 5.74) is 2.48. The molecule has 3 rings (SSSR count). The molecule has 0 amide bonds. The molecule has 1 atom stereocenters. The summed E-state index contributed by atoms with van der Waals surface area (Å²) in [7, 11) is 0. The second-order valence-electron chi connectivity index (χ2n) is 7.12. The first-order valence-electron chi connectivity index (χ1n) is 9.62. The third-order valence-electron chi connectivity index (χ3n) is 4.96. The van der Waals surface area contributed by atoms with E-state index in [1.807, 2.05) is 12.1 Å². The van der Waals surface area contributed by atoms with Crippen LogP contribution in [0.3, 0.4) is 0 Å². The number of benzene rings is 1. The van der Waals surface area contributed by atoms with Crippen LogP contribution >= 0.6 is 11.8 Å². The zero-order chi connectivity index (χ0) is 21.0. The first kappa shape index (κ1) is 21.3. The summed E-state index contributed by atoms with van der Waals surface area (Å²) in [6.07, 6.45) is 2.31. The maximum atomic E-state index is 12.6. The van der Waals surface area contributed by atoms with Gasteiger partial charge in [0.15, 0.2) is 12.4 Å². The van der Waals surface area contributed by atoms with E-state index in [-0.39, 0.29) is 24.3 Å². The largest absolute Gasteiger partial charge is 0.454 e. The molecule has 1 aromatic carbocycles. The maximum absolute atomic E-state index is 12.6. The van der Waals surface area contributed by atoms with Crippen molar-refractivity contribution in [1.82, 2.24) is 4.98 Å². The van der Waals surface area contributed by atoms with Crippen LogP contribution in [0, 0.1) is 13.8 Å². The molecule has 1 aromatic heterocycles. The normalized spacial score (nSPS) is 16.0. The van der Waals surface area contributed by atoms with E-state index in [9.17, 15) is 14.4 Å². The summed E-state index contributed by atoms with van der Waals surface area (Å²) in [4.78, 5) is 40.6. The van der Waals surface area contributed by atoms with Crippen LogP contribution < -0.4 is 0 Å². The average molecular weight is 416 g/mol. The average Bonchev–Trinajstić information content (AvgIpc) is 3.31. The van der Waals surface area contributed by atoms with Crippen LogP contribution in [0.1, 0.15) is 62.2 Å².